The molecule has 2 unspecified atom stereocenters. The van der Waals surface area contributed by atoms with Crippen LogP contribution in [0, 0.1) is 5.92 Å². The summed E-state index contributed by atoms with van der Waals surface area (Å²) in [6.07, 6.45) is 0.417. The van der Waals surface area contributed by atoms with E-state index in [0.717, 1.165) is 0 Å². The molecule has 1 aromatic carbocycles. The summed E-state index contributed by atoms with van der Waals surface area (Å²) in [6, 6.07) is 4.75. The van der Waals surface area contributed by atoms with E-state index in [1.54, 1.807) is 12.1 Å². The largest absolute Gasteiger partial charge is 0.481 e. The summed E-state index contributed by atoms with van der Waals surface area (Å²) < 4.78 is 0. The van der Waals surface area contributed by atoms with E-state index in [2.05, 4.69) is 0 Å². The fourth-order valence-electron chi connectivity index (χ4n) is 2.11. The standard InChI is InChI=1S/C11H10Cl2O3/c12-7-1-2-8(9(13)3-7)11(10(15)16)4-6(11)5-14/h1-3,6,14H,4-5H2,(H,15,16). The second-order valence-electron chi connectivity index (χ2n) is 3.98. The molecule has 1 aromatic rings. The second kappa shape index (κ2) is 3.91. The lowest BCUT2D eigenvalue weighted by atomic mass is 9.93. The predicted octanol–water partition coefficient (Wildman–Crippen LogP) is 2.33. The topological polar surface area (TPSA) is 57.5 Å². The van der Waals surface area contributed by atoms with Gasteiger partial charge in [0.15, 0.2) is 0 Å². The van der Waals surface area contributed by atoms with Crippen LogP contribution < -0.4 is 0 Å². The zero-order valence-electron chi connectivity index (χ0n) is 8.28. The van der Waals surface area contributed by atoms with Crippen molar-refractivity contribution in [3.05, 3.63) is 33.8 Å². The molecule has 0 aliphatic heterocycles. The highest BCUT2D eigenvalue weighted by Crippen LogP contribution is 2.56. The number of carbonyl (C=O) groups is 1. The first-order valence-corrected chi connectivity index (χ1v) is 5.57. The number of benzene rings is 1. The van der Waals surface area contributed by atoms with Gasteiger partial charge in [-0.3, -0.25) is 4.79 Å². The number of aliphatic hydroxyl groups excluding tert-OH is 1. The molecular weight excluding hydrogens is 251 g/mol. The molecule has 0 spiro atoms. The first-order valence-electron chi connectivity index (χ1n) is 4.82. The van der Waals surface area contributed by atoms with E-state index in [1.807, 2.05) is 0 Å². The maximum absolute atomic E-state index is 11.3. The molecule has 1 aliphatic carbocycles. The van der Waals surface area contributed by atoms with Crippen LogP contribution in [0.5, 0.6) is 0 Å². The Morgan fingerprint density at radius 3 is 2.62 bits per heavy atom. The van der Waals surface area contributed by atoms with Gasteiger partial charge >= 0.3 is 5.97 Å². The van der Waals surface area contributed by atoms with E-state index < -0.39 is 11.4 Å². The van der Waals surface area contributed by atoms with Crippen molar-refractivity contribution in [1.82, 2.24) is 0 Å². The van der Waals surface area contributed by atoms with Crippen LogP contribution in [-0.4, -0.2) is 22.8 Å². The Bertz CT molecular complexity index is 447. The van der Waals surface area contributed by atoms with Crippen molar-refractivity contribution in [2.24, 2.45) is 5.92 Å². The van der Waals surface area contributed by atoms with Gasteiger partial charge in [0.1, 0.15) is 0 Å². The number of halogens is 2. The zero-order valence-corrected chi connectivity index (χ0v) is 9.79. The summed E-state index contributed by atoms with van der Waals surface area (Å²) in [5, 5.41) is 19.1. The molecule has 2 N–H and O–H groups in total. The monoisotopic (exact) mass is 260 g/mol. The molecule has 0 aromatic heterocycles. The van der Waals surface area contributed by atoms with Gasteiger partial charge in [-0.2, -0.15) is 0 Å². The van der Waals surface area contributed by atoms with Crippen molar-refractivity contribution in [2.45, 2.75) is 11.8 Å². The van der Waals surface area contributed by atoms with Gasteiger partial charge in [-0.15, -0.1) is 0 Å². The predicted molar refractivity (Wildman–Crippen MR) is 61.0 cm³/mol. The van der Waals surface area contributed by atoms with E-state index in [9.17, 15) is 9.90 Å². The van der Waals surface area contributed by atoms with Crippen LogP contribution in [0.25, 0.3) is 0 Å². The van der Waals surface area contributed by atoms with E-state index >= 15 is 0 Å². The Kier molecular flexibility index (Phi) is 2.86. The Balaban J connectivity index is 2.46. The highest BCUT2D eigenvalue weighted by atomic mass is 35.5. The lowest BCUT2D eigenvalue weighted by molar-refractivity contribution is -0.140. The smallest absolute Gasteiger partial charge is 0.314 e. The molecule has 1 fully saturated rings. The molecule has 2 rings (SSSR count). The zero-order chi connectivity index (χ0) is 11.9. The van der Waals surface area contributed by atoms with Gasteiger partial charge in [-0.25, -0.2) is 0 Å². The van der Waals surface area contributed by atoms with Crippen molar-refractivity contribution in [1.29, 1.82) is 0 Å². The van der Waals surface area contributed by atoms with Crippen molar-refractivity contribution in [2.75, 3.05) is 6.61 Å². The number of hydrogen-bond acceptors (Lipinski definition) is 2. The Morgan fingerprint density at radius 1 is 1.50 bits per heavy atom. The molecule has 0 heterocycles. The van der Waals surface area contributed by atoms with Crippen LogP contribution in [0.2, 0.25) is 10.0 Å². The first kappa shape index (κ1) is 11.7. The maximum Gasteiger partial charge on any atom is 0.314 e. The van der Waals surface area contributed by atoms with Gasteiger partial charge in [-0.05, 0) is 24.1 Å². The Labute approximate surface area is 103 Å². The number of hydrogen-bond donors (Lipinski definition) is 2. The number of carboxylic acid groups (broad SMARTS) is 1. The van der Waals surface area contributed by atoms with Gasteiger partial charge in [0.25, 0.3) is 0 Å². The third kappa shape index (κ3) is 1.59. The maximum atomic E-state index is 11.3. The van der Waals surface area contributed by atoms with Gasteiger partial charge in [0, 0.05) is 22.6 Å². The van der Waals surface area contributed by atoms with Gasteiger partial charge < -0.3 is 10.2 Å². The van der Waals surface area contributed by atoms with Crippen LogP contribution >= 0.6 is 23.2 Å². The molecule has 0 bridgehead atoms. The Hall–Kier alpha value is -0.770. The van der Waals surface area contributed by atoms with Gasteiger partial charge in [-0.1, -0.05) is 29.3 Å². The van der Waals surface area contributed by atoms with Crippen LogP contribution in [0.1, 0.15) is 12.0 Å². The third-order valence-electron chi connectivity index (χ3n) is 3.12. The van der Waals surface area contributed by atoms with Crippen molar-refractivity contribution >= 4 is 29.2 Å². The number of aliphatic hydroxyl groups is 1. The first-order chi connectivity index (χ1) is 7.52. The molecule has 5 heteroatoms. The van der Waals surface area contributed by atoms with E-state index in [-0.39, 0.29) is 12.5 Å². The van der Waals surface area contributed by atoms with Crippen molar-refractivity contribution in [3.63, 3.8) is 0 Å². The van der Waals surface area contributed by atoms with Crippen LogP contribution in [-0.2, 0) is 10.2 Å². The molecule has 1 saturated carbocycles. The second-order valence-corrected chi connectivity index (χ2v) is 4.83. The summed E-state index contributed by atoms with van der Waals surface area (Å²) in [5.74, 6) is -1.21. The molecule has 0 amide bonds. The van der Waals surface area contributed by atoms with Crippen molar-refractivity contribution in [3.8, 4) is 0 Å². The van der Waals surface area contributed by atoms with Crippen LogP contribution in [0.3, 0.4) is 0 Å². The number of rotatable bonds is 3. The minimum Gasteiger partial charge on any atom is -0.481 e. The summed E-state index contributed by atoms with van der Waals surface area (Å²) in [5.41, 5.74) is -0.499. The molecule has 0 saturated heterocycles. The number of aliphatic carboxylic acids is 1. The van der Waals surface area contributed by atoms with Crippen LogP contribution in [0.15, 0.2) is 18.2 Å². The summed E-state index contributed by atoms with van der Waals surface area (Å²) in [7, 11) is 0. The van der Waals surface area contributed by atoms with Crippen LogP contribution in [0.4, 0.5) is 0 Å². The minimum absolute atomic E-state index is 0.148. The summed E-state index contributed by atoms with van der Waals surface area (Å²) in [6.45, 7) is -0.148. The normalized spacial score (nSPS) is 27.8. The fourth-order valence-corrected chi connectivity index (χ4v) is 2.69. The highest BCUT2D eigenvalue weighted by Gasteiger charge is 2.62. The fraction of sp³-hybridized carbons (Fsp3) is 0.364. The average molecular weight is 261 g/mol. The summed E-state index contributed by atoms with van der Waals surface area (Å²) >= 11 is 11.7. The number of carboxylic acids is 1. The van der Waals surface area contributed by atoms with E-state index in [0.29, 0.717) is 22.0 Å². The molecule has 2 atom stereocenters. The third-order valence-corrected chi connectivity index (χ3v) is 3.67. The van der Waals surface area contributed by atoms with E-state index in [1.165, 1.54) is 6.07 Å². The Morgan fingerprint density at radius 2 is 2.19 bits per heavy atom. The summed E-state index contributed by atoms with van der Waals surface area (Å²) in [4.78, 5) is 11.3. The molecule has 1 aliphatic rings. The lowest BCUT2D eigenvalue weighted by Crippen LogP contribution is -2.24. The van der Waals surface area contributed by atoms with Gasteiger partial charge in [0.2, 0.25) is 0 Å². The molecule has 0 radical (unpaired) electrons. The highest BCUT2D eigenvalue weighted by molar-refractivity contribution is 6.35. The van der Waals surface area contributed by atoms with Crippen molar-refractivity contribution < 1.29 is 15.0 Å². The molecule has 16 heavy (non-hydrogen) atoms. The average Bonchev–Trinajstić information content (AvgIpc) is 2.93. The molecular formula is C11H10Cl2O3. The minimum atomic E-state index is -1.03. The molecule has 3 nitrogen and oxygen atoms in total. The van der Waals surface area contributed by atoms with E-state index in [4.69, 9.17) is 28.3 Å². The SMILES string of the molecule is O=C(O)C1(c2ccc(Cl)cc2Cl)CC1CO. The van der Waals surface area contributed by atoms with Gasteiger partial charge in [0.05, 0.1) is 5.41 Å². The lowest BCUT2D eigenvalue weighted by Gasteiger charge is -2.14. The quantitative estimate of drug-likeness (QED) is 0.877. The molecule has 86 valence electrons.